The molecule has 130 valence electrons. The van der Waals surface area contributed by atoms with Crippen LogP contribution in [-0.2, 0) is 14.3 Å². The fourth-order valence-electron chi connectivity index (χ4n) is 1.86. The molecule has 0 bridgehead atoms. The van der Waals surface area contributed by atoms with Crippen LogP contribution >= 0.6 is 11.6 Å². The molecule has 0 aliphatic heterocycles. The largest absolute Gasteiger partial charge is 0.449 e. The van der Waals surface area contributed by atoms with Crippen LogP contribution < -0.4 is 5.32 Å². The molecule has 2 aromatic carbocycles. The molecule has 0 saturated heterocycles. The van der Waals surface area contributed by atoms with Crippen LogP contribution in [0.15, 0.2) is 48.5 Å². The Morgan fingerprint density at radius 1 is 1.20 bits per heavy atom. The number of ether oxygens (including phenoxy) is 1. The number of rotatable bonds is 5. The van der Waals surface area contributed by atoms with Gasteiger partial charge in [-0.25, -0.2) is 13.6 Å². The Hall–Kier alpha value is -2.73. The van der Waals surface area contributed by atoms with Crippen molar-refractivity contribution < 1.29 is 23.1 Å². The second-order valence-electron chi connectivity index (χ2n) is 5.05. The normalized spacial score (nSPS) is 12.0. The second kappa shape index (κ2) is 8.39. The molecule has 0 aliphatic carbocycles. The van der Waals surface area contributed by atoms with Crippen molar-refractivity contribution in [3.05, 3.63) is 70.8 Å². The fraction of sp³-hybridized carbons (Fsp3) is 0.111. The summed E-state index contributed by atoms with van der Waals surface area (Å²) in [4.78, 5) is 23.7. The number of halogens is 3. The van der Waals surface area contributed by atoms with Crippen molar-refractivity contribution in [2.24, 2.45) is 0 Å². The smallest absolute Gasteiger partial charge is 0.331 e. The van der Waals surface area contributed by atoms with Crippen molar-refractivity contribution in [3.63, 3.8) is 0 Å². The monoisotopic (exact) mass is 365 g/mol. The van der Waals surface area contributed by atoms with Crippen molar-refractivity contribution in [2.45, 2.75) is 13.0 Å². The Morgan fingerprint density at radius 2 is 1.92 bits per heavy atom. The molecule has 1 amide bonds. The maximum absolute atomic E-state index is 13.5. The van der Waals surface area contributed by atoms with E-state index in [2.05, 4.69) is 5.32 Å². The molecule has 2 aromatic rings. The maximum Gasteiger partial charge on any atom is 0.331 e. The Balaban J connectivity index is 1.94. The van der Waals surface area contributed by atoms with E-state index < -0.39 is 29.6 Å². The quantitative estimate of drug-likeness (QED) is 0.638. The van der Waals surface area contributed by atoms with Gasteiger partial charge in [-0.1, -0.05) is 29.8 Å². The number of carbonyl (C=O) groups is 2. The van der Waals surface area contributed by atoms with Crippen molar-refractivity contribution >= 4 is 35.2 Å². The first-order valence-corrected chi connectivity index (χ1v) is 7.64. The van der Waals surface area contributed by atoms with Gasteiger partial charge in [0.25, 0.3) is 5.91 Å². The van der Waals surface area contributed by atoms with Crippen LogP contribution in [0.1, 0.15) is 12.5 Å². The highest BCUT2D eigenvalue weighted by atomic mass is 35.5. The minimum atomic E-state index is -1.17. The first kappa shape index (κ1) is 18.6. The average Bonchev–Trinajstić information content (AvgIpc) is 2.56. The van der Waals surface area contributed by atoms with Crippen LogP contribution in [0.4, 0.5) is 14.5 Å². The predicted octanol–water partition coefficient (Wildman–Crippen LogP) is 4.20. The molecule has 0 aliphatic rings. The molecule has 0 aromatic heterocycles. The molecule has 0 heterocycles. The lowest BCUT2D eigenvalue weighted by atomic mass is 10.2. The van der Waals surface area contributed by atoms with E-state index in [0.717, 1.165) is 18.2 Å². The number of carbonyl (C=O) groups excluding carboxylic acids is 2. The van der Waals surface area contributed by atoms with Crippen molar-refractivity contribution in [2.75, 3.05) is 5.32 Å². The molecule has 0 spiro atoms. The number of benzene rings is 2. The molecule has 1 N–H and O–H groups in total. The van der Waals surface area contributed by atoms with Gasteiger partial charge in [0.2, 0.25) is 0 Å². The highest BCUT2D eigenvalue weighted by Gasteiger charge is 2.18. The Labute approximate surface area is 148 Å². The summed E-state index contributed by atoms with van der Waals surface area (Å²) in [5.41, 5.74) is 0.410. The first-order chi connectivity index (χ1) is 11.9. The van der Waals surface area contributed by atoms with Gasteiger partial charge in [0.05, 0.1) is 5.69 Å². The van der Waals surface area contributed by atoms with Crippen LogP contribution in [0.2, 0.25) is 5.02 Å². The summed E-state index contributed by atoms with van der Waals surface area (Å²) in [6.07, 6.45) is 1.41. The lowest BCUT2D eigenvalue weighted by Gasteiger charge is -2.12. The summed E-state index contributed by atoms with van der Waals surface area (Å²) in [6.45, 7) is 1.33. The second-order valence-corrected chi connectivity index (χ2v) is 5.45. The van der Waals surface area contributed by atoms with Gasteiger partial charge in [0.15, 0.2) is 6.10 Å². The lowest BCUT2D eigenvalue weighted by Crippen LogP contribution is -2.29. The van der Waals surface area contributed by atoms with Crippen molar-refractivity contribution in [3.8, 4) is 0 Å². The summed E-state index contributed by atoms with van der Waals surface area (Å²) in [6, 6.07) is 9.59. The number of hydrogen-bond acceptors (Lipinski definition) is 3. The third-order valence-electron chi connectivity index (χ3n) is 3.16. The molecule has 0 saturated carbocycles. The number of nitrogens with one attached hydrogen (secondary N) is 1. The van der Waals surface area contributed by atoms with E-state index in [1.54, 1.807) is 24.3 Å². The van der Waals surface area contributed by atoms with Crippen LogP contribution in [0.25, 0.3) is 6.08 Å². The SMILES string of the molecule is CC(OC(=O)/C=C/c1ccccc1Cl)C(=O)Nc1ccc(F)cc1F. The molecule has 0 fully saturated rings. The highest BCUT2D eigenvalue weighted by molar-refractivity contribution is 6.32. The van der Waals surface area contributed by atoms with Gasteiger partial charge < -0.3 is 10.1 Å². The third-order valence-corrected chi connectivity index (χ3v) is 3.50. The van der Waals surface area contributed by atoms with E-state index in [9.17, 15) is 18.4 Å². The Kier molecular flexibility index (Phi) is 6.25. The van der Waals surface area contributed by atoms with E-state index in [0.29, 0.717) is 16.7 Å². The molecule has 1 atom stereocenters. The van der Waals surface area contributed by atoms with Crippen LogP contribution in [-0.4, -0.2) is 18.0 Å². The number of anilines is 1. The van der Waals surface area contributed by atoms with E-state index in [1.807, 2.05) is 0 Å². The molecular weight excluding hydrogens is 352 g/mol. The Morgan fingerprint density at radius 3 is 2.60 bits per heavy atom. The van der Waals surface area contributed by atoms with E-state index >= 15 is 0 Å². The zero-order chi connectivity index (χ0) is 18.4. The van der Waals surface area contributed by atoms with E-state index in [4.69, 9.17) is 16.3 Å². The van der Waals surface area contributed by atoms with Gasteiger partial charge in [0.1, 0.15) is 11.6 Å². The van der Waals surface area contributed by atoms with Crippen LogP contribution in [0.5, 0.6) is 0 Å². The van der Waals surface area contributed by atoms with Gasteiger partial charge in [-0.15, -0.1) is 0 Å². The van der Waals surface area contributed by atoms with Gasteiger partial charge >= 0.3 is 5.97 Å². The summed E-state index contributed by atoms with van der Waals surface area (Å²) < 4.78 is 31.3. The molecule has 2 rings (SSSR count). The van der Waals surface area contributed by atoms with Gasteiger partial charge in [0, 0.05) is 17.2 Å². The average molecular weight is 366 g/mol. The number of amides is 1. The minimum Gasteiger partial charge on any atom is -0.449 e. The van der Waals surface area contributed by atoms with Crippen molar-refractivity contribution in [1.29, 1.82) is 0 Å². The van der Waals surface area contributed by atoms with Crippen LogP contribution in [0.3, 0.4) is 0 Å². The molecular formula is C18H14ClF2NO3. The Bertz CT molecular complexity index is 824. The molecule has 0 radical (unpaired) electrons. The van der Waals surface area contributed by atoms with Crippen LogP contribution in [0, 0.1) is 11.6 Å². The van der Waals surface area contributed by atoms with Gasteiger partial charge in [-0.3, -0.25) is 4.79 Å². The zero-order valence-electron chi connectivity index (χ0n) is 13.1. The first-order valence-electron chi connectivity index (χ1n) is 7.26. The van der Waals surface area contributed by atoms with Crippen molar-refractivity contribution in [1.82, 2.24) is 0 Å². The number of hydrogen-bond donors (Lipinski definition) is 1. The maximum atomic E-state index is 13.5. The zero-order valence-corrected chi connectivity index (χ0v) is 13.9. The van der Waals surface area contributed by atoms with E-state index in [-0.39, 0.29) is 5.69 Å². The molecule has 25 heavy (non-hydrogen) atoms. The topological polar surface area (TPSA) is 55.4 Å². The predicted molar refractivity (Wildman–Crippen MR) is 91.0 cm³/mol. The summed E-state index contributed by atoms with van der Waals surface area (Å²) in [5, 5.41) is 2.68. The summed E-state index contributed by atoms with van der Waals surface area (Å²) in [5.74, 6) is -3.20. The summed E-state index contributed by atoms with van der Waals surface area (Å²) >= 11 is 5.95. The minimum absolute atomic E-state index is 0.207. The molecule has 7 heteroatoms. The summed E-state index contributed by atoms with van der Waals surface area (Å²) in [7, 11) is 0. The standard InChI is InChI=1S/C18H14ClF2NO3/c1-11(18(24)22-16-8-7-13(20)10-15(16)21)25-17(23)9-6-12-4-2-3-5-14(12)19/h2-11H,1H3,(H,22,24)/b9-6+. The molecule has 4 nitrogen and oxygen atoms in total. The lowest BCUT2D eigenvalue weighted by molar-refractivity contribution is -0.148. The van der Waals surface area contributed by atoms with E-state index in [1.165, 1.54) is 13.0 Å². The highest BCUT2D eigenvalue weighted by Crippen LogP contribution is 2.17. The van der Waals surface area contributed by atoms with Gasteiger partial charge in [-0.05, 0) is 36.8 Å². The number of esters is 1. The fourth-order valence-corrected chi connectivity index (χ4v) is 2.06. The van der Waals surface area contributed by atoms with Gasteiger partial charge in [-0.2, -0.15) is 0 Å². The molecule has 1 unspecified atom stereocenters. The third kappa shape index (κ3) is 5.39.